The van der Waals surface area contributed by atoms with Crippen LogP contribution in [0.25, 0.3) is 0 Å². The number of halogens is 1. The average molecular weight is 252 g/mol. The van der Waals surface area contributed by atoms with Gasteiger partial charge in [-0.15, -0.1) is 0 Å². The summed E-state index contributed by atoms with van der Waals surface area (Å²) in [6.45, 7) is 5.30. The van der Waals surface area contributed by atoms with E-state index < -0.39 is 0 Å². The van der Waals surface area contributed by atoms with Crippen LogP contribution in [0.5, 0.6) is 0 Å². The Morgan fingerprint density at radius 3 is 2.76 bits per heavy atom. The van der Waals surface area contributed by atoms with Crippen molar-refractivity contribution in [1.29, 1.82) is 0 Å². The molecule has 1 aliphatic rings. The van der Waals surface area contributed by atoms with Gasteiger partial charge in [-0.2, -0.15) is 0 Å². The van der Waals surface area contributed by atoms with Crippen LogP contribution in [0.4, 0.5) is 0 Å². The Hall–Kier alpha value is -0.530. The Morgan fingerprint density at radius 2 is 2.18 bits per heavy atom. The molecule has 0 aromatic heterocycles. The Kier molecular flexibility index (Phi) is 4.47. The molecule has 2 heteroatoms. The molecule has 0 saturated heterocycles. The van der Waals surface area contributed by atoms with Gasteiger partial charge in [0.05, 0.1) is 0 Å². The monoisotopic (exact) mass is 251 g/mol. The summed E-state index contributed by atoms with van der Waals surface area (Å²) in [6, 6.07) is 6.99. The second-order valence-corrected chi connectivity index (χ2v) is 5.64. The summed E-state index contributed by atoms with van der Waals surface area (Å²) in [5.41, 5.74) is 2.52. The molecular formula is C15H22ClN. The lowest BCUT2D eigenvalue weighted by Crippen LogP contribution is -2.31. The van der Waals surface area contributed by atoms with Gasteiger partial charge in [0.15, 0.2) is 0 Å². The van der Waals surface area contributed by atoms with E-state index in [1.165, 1.54) is 30.4 Å². The number of nitrogens with one attached hydrogen (secondary N) is 1. The Labute approximate surface area is 110 Å². The lowest BCUT2D eigenvalue weighted by atomic mass is 10.00. The molecule has 0 aliphatic heterocycles. The highest BCUT2D eigenvalue weighted by atomic mass is 35.5. The molecule has 0 heterocycles. The molecule has 1 aromatic carbocycles. The molecule has 1 unspecified atom stereocenters. The van der Waals surface area contributed by atoms with Gasteiger partial charge in [-0.3, -0.25) is 0 Å². The predicted molar refractivity (Wildman–Crippen MR) is 74.7 cm³/mol. The van der Waals surface area contributed by atoms with Crippen molar-refractivity contribution >= 4 is 11.6 Å². The first-order chi connectivity index (χ1) is 8.19. The highest BCUT2D eigenvalue weighted by Crippen LogP contribution is 2.34. The van der Waals surface area contributed by atoms with E-state index in [9.17, 15) is 0 Å². The zero-order chi connectivity index (χ0) is 12.3. The lowest BCUT2D eigenvalue weighted by molar-refractivity contribution is 0.466. The van der Waals surface area contributed by atoms with E-state index in [-0.39, 0.29) is 0 Å². The van der Waals surface area contributed by atoms with E-state index in [0.717, 1.165) is 23.9 Å². The van der Waals surface area contributed by atoms with E-state index in [1.54, 1.807) is 0 Å². The molecule has 1 aromatic rings. The number of hydrogen-bond acceptors (Lipinski definition) is 1. The van der Waals surface area contributed by atoms with E-state index in [4.69, 9.17) is 11.6 Å². The Balaban J connectivity index is 1.99. The Bertz CT molecular complexity index is 371. The fraction of sp³-hybridized carbons (Fsp3) is 0.600. The van der Waals surface area contributed by atoms with Crippen LogP contribution >= 0.6 is 11.6 Å². The van der Waals surface area contributed by atoms with Crippen LogP contribution in [-0.4, -0.2) is 12.6 Å². The van der Waals surface area contributed by atoms with Crippen LogP contribution in [0, 0.1) is 12.8 Å². The summed E-state index contributed by atoms with van der Waals surface area (Å²) in [5.74, 6) is 0.961. The van der Waals surface area contributed by atoms with Crippen LogP contribution in [0.3, 0.4) is 0 Å². The number of hydrogen-bond donors (Lipinski definition) is 1. The maximum Gasteiger partial charge on any atom is 0.0441 e. The van der Waals surface area contributed by atoms with Crippen LogP contribution in [0.15, 0.2) is 18.2 Å². The zero-order valence-electron chi connectivity index (χ0n) is 10.8. The molecule has 0 spiro atoms. The van der Waals surface area contributed by atoms with E-state index >= 15 is 0 Å². The third-order valence-electron chi connectivity index (χ3n) is 3.48. The van der Waals surface area contributed by atoms with Crippen LogP contribution in [-0.2, 0) is 6.42 Å². The molecule has 1 aliphatic carbocycles. The standard InChI is InChI=1S/C15H22ClN/c1-3-17-14(9-12-5-6-12)10-13-7-4-11(2)8-15(13)16/h4,7-8,12,14,17H,3,5-6,9-10H2,1-2H3. The molecule has 0 bridgehead atoms. The second-order valence-electron chi connectivity index (χ2n) is 5.23. The lowest BCUT2D eigenvalue weighted by Gasteiger charge is -2.18. The fourth-order valence-corrected chi connectivity index (χ4v) is 2.68. The van der Waals surface area contributed by atoms with Crippen molar-refractivity contribution in [2.75, 3.05) is 6.54 Å². The van der Waals surface area contributed by atoms with Gasteiger partial charge in [0.1, 0.15) is 0 Å². The van der Waals surface area contributed by atoms with Crippen LogP contribution in [0.2, 0.25) is 5.02 Å². The van der Waals surface area contributed by atoms with E-state index in [2.05, 4.69) is 37.4 Å². The minimum Gasteiger partial charge on any atom is -0.314 e. The summed E-state index contributed by atoms with van der Waals surface area (Å²) in [4.78, 5) is 0. The third kappa shape index (κ3) is 4.01. The highest BCUT2D eigenvalue weighted by molar-refractivity contribution is 6.31. The van der Waals surface area contributed by atoms with E-state index in [0.29, 0.717) is 6.04 Å². The van der Waals surface area contributed by atoms with Gasteiger partial charge in [0, 0.05) is 11.1 Å². The van der Waals surface area contributed by atoms with Gasteiger partial charge in [0.25, 0.3) is 0 Å². The second kappa shape index (κ2) is 5.88. The molecule has 1 N–H and O–H groups in total. The van der Waals surface area contributed by atoms with Crippen molar-refractivity contribution in [3.8, 4) is 0 Å². The maximum absolute atomic E-state index is 6.30. The third-order valence-corrected chi connectivity index (χ3v) is 3.83. The minimum absolute atomic E-state index is 0.590. The number of likely N-dealkylation sites (N-methyl/N-ethyl adjacent to an activating group) is 1. The molecular weight excluding hydrogens is 230 g/mol. The number of aryl methyl sites for hydroxylation is 1. The van der Waals surface area contributed by atoms with Gasteiger partial charge >= 0.3 is 0 Å². The highest BCUT2D eigenvalue weighted by Gasteiger charge is 2.25. The SMILES string of the molecule is CCNC(Cc1ccc(C)cc1Cl)CC1CC1. The first kappa shape index (κ1) is 12.9. The zero-order valence-corrected chi connectivity index (χ0v) is 11.6. The summed E-state index contributed by atoms with van der Waals surface area (Å²) in [6.07, 6.45) is 5.20. The van der Waals surface area contributed by atoms with Gasteiger partial charge in [0.2, 0.25) is 0 Å². The summed E-state index contributed by atoms with van der Waals surface area (Å²) >= 11 is 6.30. The van der Waals surface area contributed by atoms with Crippen molar-refractivity contribution in [1.82, 2.24) is 5.32 Å². The maximum atomic E-state index is 6.30. The quantitative estimate of drug-likeness (QED) is 0.807. The number of benzene rings is 1. The smallest absolute Gasteiger partial charge is 0.0441 e. The Morgan fingerprint density at radius 1 is 1.41 bits per heavy atom. The van der Waals surface area contributed by atoms with Gasteiger partial charge in [-0.05, 0) is 49.4 Å². The molecule has 1 atom stereocenters. The molecule has 1 nitrogen and oxygen atoms in total. The predicted octanol–water partition coefficient (Wildman–Crippen LogP) is 3.97. The van der Waals surface area contributed by atoms with Gasteiger partial charge < -0.3 is 5.32 Å². The van der Waals surface area contributed by atoms with Gasteiger partial charge in [-0.25, -0.2) is 0 Å². The molecule has 94 valence electrons. The number of rotatable bonds is 6. The summed E-state index contributed by atoms with van der Waals surface area (Å²) in [7, 11) is 0. The summed E-state index contributed by atoms with van der Waals surface area (Å²) < 4.78 is 0. The molecule has 0 radical (unpaired) electrons. The average Bonchev–Trinajstić information content (AvgIpc) is 3.06. The topological polar surface area (TPSA) is 12.0 Å². The van der Waals surface area contributed by atoms with Crippen LogP contribution in [0.1, 0.15) is 37.3 Å². The fourth-order valence-electron chi connectivity index (χ4n) is 2.37. The van der Waals surface area contributed by atoms with Crippen molar-refractivity contribution in [2.45, 2.75) is 45.6 Å². The summed E-state index contributed by atoms with van der Waals surface area (Å²) in [5, 5.41) is 4.51. The molecule has 1 saturated carbocycles. The molecule has 1 fully saturated rings. The van der Waals surface area contributed by atoms with Crippen molar-refractivity contribution in [2.24, 2.45) is 5.92 Å². The van der Waals surface area contributed by atoms with Crippen molar-refractivity contribution < 1.29 is 0 Å². The van der Waals surface area contributed by atoms with E-state index in [1.807, 2.05) is 0 Å². The first-order valence-electron chi connectivity index (χ1n) is 6.67. The molecule has 17 heavy (non-hydrogen) atoms. The van der Waals surface area contributed by atoms with Gasteiger partial charge in [-0.1, -0.05) is 43.5 Å². The van der Waals surface area contributed by atoms with Crippen molar-refractivity contribution in [3.05, 3.63) is 34.3 Å². The molecule has 2 rings (SSSR count). The largest absolute Gasteiger partial charge is 0.314 e. The first-order valence-corrected chi connectivity index (χ1v) is 7.05. The van der Waals surface area contributed by atoms with Crippen LogP contribution < -0.4 is 5.32 Å². The van der Waals surface area contributed by atoms with Crippen molar-refractivity contribution in [3.63, 3.8) is 0 Å². The normalized spacial score (nSPS) is 17.1. The molecule has 0 amide bonds. The minimum atomic E-state index is 0.590.